The standard InChI is InChI=1S/C29H27N7O3/c1-38-23-11-10-19(16-24(23)39-2)22-17-31-26-25(32-22)27(34-29(30)33-26)35-12-14-36(15-13-35)28(37)21-9-5-7-18-6-3-4-8-20(18)21/h3-11,16-17H,12-15H2,1-2H3,(H2,30,31,33,34). The van der Waals surface area contributed by atoms with Crippen LogP contribution in [-0.4, -0.2) is 71.1 Å². The maximum Gasteiger partial charge on any atom is 0.254 e. The molecule has 10 heteroatoms. The summed E-state index contributed by atoms with van der Waals surface area (Å²) in [6.45, 7) is 2.22. The minimum absolute atomic E-state index is 0.0223. The summed E-state index contributed by atoms with van der Waals surface area (Å²) in [5.41, 5.74) is 9.17. The number of rotatable bonds is 5. The van der Waals surface area contributed by atoms with E-state index in [1.54, 1.807) is 20.4 Å². The number of nitrogen functional groups attached to an aromatic ring is 1. The van der Waals surface area contributed by atoms with E-state index in [1.165, 1.54) is 0 Å². The lowest BCUT2D eigenvalue weighted by molar-refractivity contribution is 0.0748. The third kappa shape index (κ3) is 4.50. The zero-order valence-electron chi connectivity index (χ0n) is 21.7. The van der Waals surface area contributed by atoms with Crippen LogP contribution in [0.3, 0.4) is 0 Å². The maximum absolute atomic E-state index is 13.4. The Hall–Kier alpha value is -4.99. The molecule has 1 fully saturated rings. The molecule has 0 atom stereocenters. The summed E-state index contributed by atoms with van der Waals surface area (Å²) >= 11 is 0. The number of benzene rings is 3. The topological polar surface area (TPSA) is 120 Å². The van der Waals surface area contributed by atoms with E-state index >= 15 is 0 Å². The third-order valence-corrected chi connectivity index (χ3v) is 6.97. The molecule has 6 rings (SSSR count). The molecule has 0 unspecified atom stereocenters. The summed E-state index contributed by atoms with van der Waals surface area (Å²) in [5.74, 6) is 1.97. The van der Waals surface area contributed by atoms with Crippen LogP contribution in [-0.2, 0) is 0 Å². The highest BCUT2D eigenvalue weighted by Gasteiger charge is 2.26. The largest absolute Gasteiger partial charge is 0.493 e. The fourth-order valence-corrected chi connectivity index (χ4v) is 4.97. The zero-order valence-corrected chi connectivity index (χ0v) is 21.7. The molecule has 3 heterocycles. The quantitative estimate of drug-likeness (QED) is 0.368. The molecule has 1 amide bonds. The summed E-state index contributed by atoms with van der Waals surface area (Å²) < 4.78 is 10.8. The molecule has 1 aliphatic rings. The molecule has 0 saturated carbocycles. The molecule has 1 saturated heterocycles. The summed E-state index contributed by atoms with van der Waals surface area (Å²) in [6.07, 6.45) is 1.65. The van der Waals surface area contributed by atoms with E-state index in [9.17, 15) is 4.79 Å². The first-order valence-corrected chi connectivity index (χ1v) is 12.6. The highest BCUT2D eigenvalue weighted by Crippen LogP contribution is 2.33. The summed E-state index contributed by atoms with van der Waals surface area (Å²) in [7, 11) is 3.18. The molecular weight excluding hydrogens is 494 g/mol. The number of amides is 1. The SMILES string of the molecule is COc1ccc(-c2cnc3nc(N)nc(N4CCN(C(=O)c5cccc6ccccc56)CC4)c3n2)cc1OC. The number of aromatic nitrogens is 4. The molecule has 5 aromatic rings. The molecule has 2 N–H and O–H groups in total. The van der Waals surface area contributed by atoms with Crippen molar-refractivity contribution in [3.63, 3.8) is 0 Å². The summed E-state index contributed by atoms with van der Waals surface area (Å²) in [4.78, 5) is 35.6. The van der Waals surface area contributed by atoms with Crippen molar-refractivity contribution in [2.75, 3.05) is 51.0 Å². The normalized spacial score (nSPS) is 13.6. The second-order valence-corrected chi connectivity index (χ2v) is 9.21. The molecule has 196 valence electrons. The average molecular weight is 522 g/mol. The van der Waals surface area contributed by atoms with E-state index in [1.807, 2.05) is 65.6 Å². The Balaban J connectivity index is 1.28. The fraction of sp³-hybridized carbons (Fsp3) is 0.207. The van der Waals surface area contributed by atoms with Crippen molar-refractivity contribution in [3.8, 4) is 22.8 Å². The number of nitrogens with zero attached hydrogens (tertiary/aromatic N) is 6. The number of ether oxygens (including phenoxy) is 2. The zero-order chi connectivity index (χ0) is 26.9. The van der Waals surface area contributed by atoms with Crippen molar-refractivity contribution in [1.29, 1.82) is 0 Å². The Morgan fingerprint density at radius 1 is 0.872 bits per heavy atom. The monoisotopic (exact) mass is 521 g/mol. The molecular formula is C29H27N7O3. The minimum atomic E-state index is 0.0223. The van der Waals surface area contributed by atoms with Gasteiger partial charge in [-0.1, -0.05) is 36.4 Å². The number of carbonyl (C=O) groups excluding carboxylic acids is 1. The van der Waals surface area contributed by atoms with Gasteiger partial charge in [-0.15, -0.1) is 0 Å². The van der Waals surface area contributed by atoms with Gasteiger partial charge in [0.15, 0.2) is 28.5 Å². The van der Waals surface area contributed by atoms with E-state index in [-0.39, 0.29) is 11.9 Å². The Morgan fingerprint density at radius 3 is 2.44 bits per heavy atom. The smallest absolute Gasteiger partial charge is 0.254 e. The molecule has 39 heavy (non-hydrogen) atoms. The van der Waals surface area contributed by atoms with Gasteiger partial charge in [-0.3, -0.25) is 4.79 Å². The van der Waals surface area contributed by atoms with Crippen molar-refractivity contribution >= 4 is 39.6 Å². The molecule has 0 radical (unpaired) electrons. The van der Waals surface area contributed by atoms with Gasteiger partial charge in [-0.2, -0.15) is 9.97 Å². The molecule has 10 nitrogen and oxygen atoms in total. The Morgan fingerprint density at radius 2 is 1.64 bits per heavy atom. The van der Waals surface area contributed by atoms with Crippen molar-refractivity contribution < 1.29 is 14.3 Å². The first kappa shape index (κ1) is 24.4. The highest BCUT2D eigenvalue weighted by atomic mass is 16.5. The van der Waals surface area contributed by atoms with Crippen LogP contribution in [0.25, 0.3) is 33.2 Å². The average Bonchev–Trinajstić information content (AvgIpc) is 2.99. The van der Waals surface area contributed by atoms with Gasteiger partial charge in [0.25, 0.3) is 5.91 Å². The summed E-state index contributed by atoms with van der Waals surface area (Å²) in [6, 6.07) is 19.4. The van der Waals surface area contributed by atoms with Crippen LogP contribution >= 0.6 is 0 Å². The van der Waals surface area contributed by atoms with E-state index in [0.29, 0.717) is 65.9 Å². The lowest BCUT2D eigenvalue weighted by atomic mass is 10.0. The minimum Gasteiger partial charge on any atom is -0.493 e. The fourth-order valence-electron chi connectivity index (χ4n) is 4.97. The van der Waals surface area contributed by atoms with Crippen LogP contribution in [0, 0.1) is 0 Å². The maximum atomic E-state index is 13.4. The van der Waals surface area contributed by atoms with Crippen LogP contribution in [0.15, 0.2) is 66.9 Å². The van der Waals surface area contributed by atoms with Gasteiger partial charge in [0.05, 0.1) is 26.1 Å². The molecule has 0 bridgehead atoms. The van der Waals surface area contributed by atoms with Crippen LogP contribution < -0.4 is 20.1 Å². The lowest BCUT2D eigenvalue weighted by Gasteiger charge is -2.35. The molecule has 2 aromatic heterocycles. The first-order valence-electron chi connectivity index (χ1n) is 12.6. The van der Waals surface area contributed by atoms with Gasteiger partial charge >= 0.3 is 0 Å². The Kier molecular flexibility index (Phi) is 6.28. The number of methoxy groups -OCH3 is 2. The van der Waals surface area contributed by atoms with Crippen molar-refractivity contribution in [1.82, 2.24) is 24.8 Å². The van der Waals surface area contributed by atoms with Gasteiger partial charge in [0, 0.05) is 37.3 Å². The van der Waals surface area contributed by atoms with Crippen molar-refractivity contribution in [3.05, 3.63) is 72.4 Å². The van der Waals surface area contributed by atoms with E-state index < -0.39 is 0 Å². The molecule has 3 aromatic carbocycles. The molecule has 0 spiro atoms. The second-order valence-electron chi connectivity index (χ2n) is 9.21. The number of hydrogen-bond donors (Lipinski definition) is 1. The highest BCUT2D eigenvalue weighted by molar-refractivity contribution is 6.07. The van der Waals surface area contributed by atoms with Gasteiger partial charge in [-0.05, 0) is 35.0 Å². The number of nitrogens with two attached hydrogens (primary N) is 1. The van der Waals surface area contributed by atoms with E-state index in [4.69, 9.17) is 20.2 Å². The van der Waals surface area contributed by atoms with E-state index in [2.05, 4.69) is 19.9 Å². The van der Waals surface area contributed by atoms with E-state index in [0.717, 1.165) is 16.3 Å². The van der Waals surface area contributed by atoms with Crippen LogP contribution in [0.2, 0.25) is 0 Å². The Bertz CT molecular complexity index is 1690. The lowest BCUT2D eigenvalue weighted by Crippen LogP contribution is -2.49. The molecule has 0 aliphatic carbocycles. The summed E-state index contributed by atoms with van der Waals surface area (Å²) in [5, 5.41) is 2.01. The van der Waals surface area contributed by atoms with Crippen molar-refractivity contribution in [2.45, 2.75) is 0 Å². The van der Waals surface area contributed by atoms with Crippen LogP contribution in [0.1, 0.15) is 10.4 Å². The predicted molar refractivity (Wildman–Crippen MR) is 150 cm³/mol. The number of piperazine rings is 1. The third-order valence-electron chi connectivity index (χ3n) is 6.97. The number of hydrogen-bond acceptors (Lipinski definition) is 9. The van der Waals surface area contributed by atoms with Gasteiger partial charge in [0.2, 0.25) is 5.95 Å². The predicted octanol–water partition coefficient (Wildman–Crippen LogP) is 3.80. The van der Waals surface area contributed by atoms with Crippen LogP contribution in [0.5, 0.6) is 11.5 Å². The second kappa shape index (κ2) is 10.1. The first-order chi connectivity index (χ1) is 19.1. The van der Waals surface area contributed by atoms with Gasteiger partial charge in [0.1, 0.15) is 0 Å². The van der Waals surface area contributed by atoms with Gasteiger partial charge < -0.3 is 25.0 Å². The van der Waals surface area contributed by atoms with Crippen LogP contribution in [0.4, 0.5) is 11.8 Å². The number of fused-ring (bicyclic) bond motifs is 2. The Labute approximate surface area is 225 Å². The number of anilines is 2. The van der Waals surface area contributed by atoms with Crippen molar-refractivity contribution in [2.24, 2.45) is 0 Å². The van der Waals surface area contributed by atoms with Gasteiger partial charge in [-0.25, -0.2) is 9.97 Å². The molecule has 1 aliphatic heterocycles. The number of carbonyl (C=O) groups is 1.